The Kier molecular flexibility index (Phi) is 4.59. The molecule has 2 rings (SSSR count). The van der Waals surface area contributed by atoms with Crippen LogP contribution in [0.4, 0.5) is 26.3 Å². The van der Waals surface area contributed by atoms with E-state index in [2.05, 4.69) is 0 Å². The maximum absolute atomic E-state index is 12.9. The van der Waals surface area contributed by atoms with Gasteiger partial charge in [-0.3, -0.25) is 4.79 Å². The average Bonchev–Trinajstić information content (AvgIpc) is 2.45. The number of carbonyl (C=O) groups excluding carboxylic acids is 1. The SMILES string of the molecule is NC(=O)Cc1ccccc1-c1cc(C(F)(F)F)cc(C(F)(F)F)c1. The molecule has 128 valence electrons. The molecule has 0 aliphatic heterocycles. The summed E-state index contributed by atoms with van der Waals surface area (Å²) in [6, 6.07) is 7.03. The summed E-state index contributed by atoms with van der Waals surface area (Å²) in [5.74, 6) is -0.745. The van der Waals surface area contributed by atoms with Gasteiger partial charge < -0.3 is 5.73 Å². The van der Waals surface area contributed by atoms with Crippen LogP contribution in [-0.2, 0) is 23.6 Å². The van der Waals surface area contributed by atoms with Gasteiger partial charge in [0.25, 0.3) is 0 Å². The van der Waals surface area contributed by atoms with Gasteiger partial charge >= 0.3 is 12.4 Å². The number of carbonyl (C=O) groups is 1. The van der Waals surface area contributed by atoms with Crippen molar-refractivity contribution in [2.75, 3.05) is 0 Å². The van der Waals surface area contributed by atoms with Crippen LogP contribution >= 0.6 is 0 Å². The first kappa shape index (κ1) is 17.8. The molecule has 0 aliphatic carbocycles. The summed E-state index contributed by atoms with van der Waals surface area (Å²) in [5, 5.41) is 0. The normalized spacial score (nSPS) is 12.2. The lowest BCUT2D eigenvalue weighted by atomic mass is 9.94. The highest BCUT2D eigenvalue weighted by Gasteiger charge is 2.37. The zero-order valence-electron chi connectivity index (χ0n) is 12.0. The summed E-state index contributed by atoms with van der Waals surface area (Å²) in [7, 11) is 0. The summed E-state index contributed by atoms with van der Waals surface area (Å²) in [6.07, 6.45) is -10.2. The van der Waals surface area contributed by atoms with Gasteiger partial charge in [-0.15, -0.1) is 0 Å². The number of rotatable bonds is 3. The van der Waals surface area contributed by atoms with Crippen LogP contribution in [0.15, 0.2) is 42.5 Å². The van der Waals surface area contributed by atoms with E-state index in [4.69, 9.17) is 5.73 Å². The molecule has 2 aromatic rings. The van der Waals surface area contributed by atoms with E-state index in [1.165, 1.54) is 24.3 Å². The Morgan fingerprint density at radius 2 is 1.38 bits per heavy atom. The van der Waals surface area contributed by atoms with Gasteiger partial charge in [-0.2, -0.15) is 26.3 Å². The fraction of sp³-hybridized carbons (Fsp3) is 0.188. The number of alkyl halides is 6. The molecule has 0 unspecified atom stereocenters. The minimum absolute atomic E-state index is 0.0558. The van der Waals surface area contributed by atoms with Gasteiger partial charge in [0, 0.05) is 0 Å². The summed E-state index contributed by atoms with van der Waals surface area (Å²) >= 11 is 0. The van der Waals surface area contributed by atoms with Gasteiger partial charge in [-0.25, -0.2) is 0 Å². The first-order valence-electron chi connectivity index (χ1n) is 6.64. The molecular formula is C16H11F6NO. The van der Waals surface area contributed by atoms with Crippen molar-refractivity contribution in [3.63, 3.8) is 0 Å². The van der Waals surface area contributed by atoms with Crippen molar-refractivity contribution in [2.45, 2.75) is 18.8 Å². The van der Waals surface area contributed by atoms with E-state index in [0.29, 0.717) is 12.1 Å². The molecule has 0 heterocycles. The van der Waals surface area contributed by atoms with Crippen LogP contribution in [0.25, 0.3) is 11.1 Å². The summed E-state index contributed by atoms with van der Waals surface area (Å²) < 4.78 is 77.5. The minimum Gasteiger partial charge on any atom is -0.369 e. The van der Waals surface area contributed by atoms with E-state index < -0.39 is 29.4 Å². The van der Waals surface area contributed by atoms with Crippen molar-refractivity contribution in [3.8, 4) is 11.1 Å². The monoisotopic (exact) mass is 347 g/mol. The lowest BCUT2D eigenvalue weighted by Gasteiger charge is -2.16. The molecule has 0 saturated carbocycles. The van der Waals surface area contributed by atoms with Crippen molar-refractivity contribution in [2.24, 2.45) is 5.73 Å². The predicted octanol–water partition coefficient (Wildman–Crippen LogP) is 4.42. The minimum atomic E-state index is -4.94. The Morgan fingerprint density at radius 1 is 0.875 bits per heavy atom. The van der Waals surface area contributed by atoms with Crippen LogP contribution in [0.5, 0.6) is 0 Å². The van der Waals surface area contributed by atoms with Crippen molar-refractivity contribution in [1.82, 2.24) is 0 Å². The Balaban J connectivity index is 2.69. The number of nitrogens with two attached hydrogens (primary N) is 1. The molecule has 2 N–H and O–H groups in total. The zero-order valence-corrected chi connectivity index (χ0v) is 12.0. The highest BCUT2D eigenvalue weighted by molar-refractivity contribution is 5.80. The summed E-state index contributed by atoms with van der Waals surface area (Å²) in [5.41, 5.74) is 2.29. The molecule has 0 bridgehead atoms. The van der Waals surface area contributed by atoms with Crippen molar-refractivity contribution >= 4 is 5.91 Å². The number of benzene rings is 2. The third kappa shape index (κ3) is 4.06. The van der Waals surface area contributed by atoms with Crippen molar-refractivity contribution in [1.29, 1.82) is 0 Å². The third-order valence-electron chi connectivity index (χ3n) is 3.28. The number of primary amides is 1. The summed E-state index contributed by atoms with van der Waals surface area (Å²) in [6.45, 7) is 0. The first-order chi connectivity index (χ1) is 11.0. The van der Waals surface area contributed by atoms with Crippen LogP contribution in [0.3, 0.4) is 0 Å². The standard InChI is InChI=1S/C16H11F6NO/c17-15(18,19)11-5-10(6-12(8-11)16(20,21)22)13-4-2-1-3-9(13)7-14(23)24/h1-6,8H,7H2,(H2,23,24). The second kappa shape index (κ2) is 6.18. The zero-order chi connectivity index (χ0) is 18.1. The van der Waals surface area contributed by atoms with Crippen LogP contribution in [0.1, 0.15) is 16.7 Å². The number of hydrogen-bond donors (Lipinski definition) is 1. The topological polar surface area (TPSA) is 43.1 Å². The molecule has 1 amide bonds. The number of halogens is 6. The van der Waals surface area contributed by atoms with Crippen molar-refractivity contribution in [3.05, 3.63) is 59.2 Å². The lowest BCUT2D eigenvalue weighted by molar-refractivity contribution is -0.143. The number of hydrogen-bond acceptors (Lipinski definition) is 1. The second-order valence-corrected chi connectivity index (χ2v) is 5.09. The van der Waals surface area contributed by atoms with E-state index in [1.54, 1.807) is 0 Å². The van der Waals surface area contributed by atoms with Gasteiger partial charge in [-0.1, -0.05) is 24.3 Å². The Morgan fingerprint density at radius 3 is 1.83 bits per heavy atom. The number of amides is 1. The van der Waals surface area contributed by atoms with Crippen LogP contribution in [0.2, 0.25) is 0 Å². The molecule has 24 heavy (non-hydrogen) atoms. The largest absolute Gasteiger partial charge is 0.416 e. The molecule has 0 fully saturated rings. The van der Waals surface area contributed by atoms with E-state index in [0.717, 1.165) is 0 Å². The van der Waals surface area contributed by atoms with E-state index in [1.807, 2.05) is 0 Å². The van der Waals surface area contributed by atoms with E-state index >= 15 is 0 Å². The highest BCUT2D eigenvalue weighted by atomic mass is 19.4. The molecule has 0 aromatic heterocycles. The second-order valence-electron chi connectivity index (χ2n) is 5.09. The maximum atomic E-state index is 12.9. The van der Waals surface area contributed by atoms with Gasteiger partial charge in [0.15, 0.2) is 0 Å². The molecule has 0 saturated heterocycles. The summed E-state index contributed by atoms with van der Waals surface area (Å²) in [4.78, 5) is 11.1. The first-order valence-corrected chi connectivity index (χ1v) is 6.64. The van der Waals surface area contributed by atoms with E-state index in [-0.39, 0.29) is 29.2 Å². The molecular weight excluding hydrogens is 336 g/mol. The van der Waals surface area contributed by atoms with Crippen LogP contribution in [0, 0.1) is 0 Å². The quantitative estimate of drug-likeness (QED) is 0.821. The van der Waals surface area contributed by atoms with Crippen LogP contribution in [-0.4, -0.2) is 5.91 Å². The fourth-order valence-corrected chi connectivity index (χ4v) is 2.25. The molecule has 0 atom stereocenters. The Bertz CT molecular complexity index is 732. The smallest absolute Gasteiger partial charge is 0.369 e. The predicted molar refractivity (Wildman–Crippen MR) is 74.8 cm³/mol. The van der Waals surface area contributed by atoms with Gasteiger partial charge in [0.05, 0.1) is 17.5 Å². The van der Waals surface area contributed by atoms with Crippen molar-refractivity contribution < 1.29 is 31.1 Å². The Hall–Kier alpha value is -2.51. The average molecular weight is 347 g/mol. The molecule has 2 nitrogen and oxygen atoms in total. The molecule has 0 aliphatic rings. The maximum Gasteiger partial charge on any atom is 0.416 e. The molecule has 8 heteroatoms. The van der Waals surface area contributed by atoms with Gasteiger partial charge in [-0.05, 0) is 34.9 Å². The fourth-order valence-electron chi connectivity index (χ4n) is 2.25. The van der Waals surface area contributed by atoms with E-state index in [9.17, 15) is 31.1 Å². The third-order valence-corrected chi connectivity index (χ3v) is 3.28. The lowest BCUT2D eigenvalue weighted by Crippen LogP contribution is -2.14. The molecule has 0 spiro atoms. The van der Waals surface area contributed by atoms with Crippen LogP contribution < -0.4 is 5.73 Å². The molecule has 0 radical (unpaired) electrons. The highest BCUT2D eigenvalue weighted by Crippen LogP contribution is 2.39. The van der Waals surface area contributed by atoms with Gasteiger partial charge in [0.1, 0.15) is 0 Å². The van der Waals surface area contributed by atoms with Gasteiger partial charge in [0.2, 0.25) is 5.91 Å². The molecule has 2 aromatic carbocycles. The Labute approximate surface area is 132 Å².